The van der Waals surface area contributed by atoms with Crippen LogP contribution in [-0.2, 0) is 4.79 Å². The van der Waals surface area contributed by atoms with Crippen LogP contribution in [0.25, 0.3) is 0 Å². The predicted molar refractivity (Wildman–Crippen MR) is 90.7 cm³/mol. The topological polar surface area (TPSA) is 43.8 Å². The molecule has 0 aliphatic carbocycles. The van der Waals surface area contributed by atoms with Gasteiger partial charge in [-0.05, 0) is 63.0 Å². The number of piperidine rings is 1. The van der Waals surface area contributed by atoms with Gasteiger partial charge in [-0.3, -0.25) is 4.79 Å². The van der Waals surface area contributed by atoms with Crippen LogP contribution in [-0.4, -0.2) is 48.7 Å². The summed E-state index contributed by atoms with van der Waals surface area (Å²) in [6, 6.07) is 6.41. The third kappa shape index (κ3) is 5.02. The molecule has 1 N–H and O–H groups in total. The zero-order valence-electron chi connectivity index (χ0n) is 13.8. The van der Waals surface area contributed by atoms with E-state index in [9.17, 15) is 4.79 Å². The van der Waals surface area contributed by atoms with Crippen molar-refractivity contribution < 1.29 is 9.90 Å². The number of nitrogens with zero attached hydrogens (tertiary/aromatic N) is 2. The maximum atomic E-state index is 10.9. The summed E-state index contributed by atoms with van der Waals surface area (Å²) in [6.07, 6.45) is 4.11. The molecule has 2 rings (SSSR count). The van der Waals surface area contributed by atoms with Crippen molar-refractivity contribution in [1.82, 2.24) is 4.90 Å². The summed E-state index contributed by atoms with van der Waals surface area (Å²) < 4.78 is 0. The summed E-state index contributed by atoms with van der Waals surface area (Å²) in [6.45, 7) is 9.07. The Morgan fingerprint density at radius 1 is 1.14 bits per heavy atom. The second-order valence-electron chi connectivity index (χ2n) is 6.30. The number of hydrogen-bond acceptors (Lipinski definition) is 3. The van der Waals surface area contributed by atoms with Crippen LogP contribution >= 0.6 is 0 Å². The Balaban J connectivity index is 2.00. The van der Waals surface area contributed by atoms with Crippen LogP contribution < -0.4 is 4.90 Å². The minimum absolute atomic E-state index is 0.187. The molecule has 1 aliphatic rings. The smallest absolute Gasteiger partial charge is 0.305 e. The first-order valence-corrected chi connectivity index (χ1v) is 8.32. The van der Waals surface area contributed by atoms with Gasteiger partial charge in [-0.1, -0.05) is 12.5 Å². The first kappa shape index (κ1) is 16.8. The Bertz CT molecular complexity index is 496. The van der Waals surface area contributed by atoms with Gasteiger partial charge in [0.05, 0.1) is 6.42 Å². The highest BCUT2D eigenvalue weighted by Gasteiger charge is 2.14. The maximum Gasteiger partial charge on any atom is 0.305 e. The summed E-state index contributed by atoms with van der Waals surface area (Å²) in [5.74, 6) is -0.730. The van der Waals surface area contributed by atoms with Crippen molar-refractivity contribution in [3.63, 3.8) is 0 Å². The third-order valence-electron chi connectivity index (χ3n) is 4.59. The van der Waals surface area contributed by atoms with Crippen molar-refractivity contribution >= 4 is 11.7 Å². The number of carboxylic acid groups (broad SMARTS) is 1. The lowest BCUT2D eigenvalue weighted by molar-refractivity contribution is -0.136. The fraction of sp³-hybridized carbons (Fsp3) is 0.611. The predicted octanol–water partition coefficient (Wildman–Crippen LogP) is 3.07. The SMILES string of the molecule is Cc1ccc(N(CCC(=O)O)CCN2CCCCC2)cc1C. The standard InChI is InChI=1S/C18H28N2O2/c1-15-6-7-17(14-16(15)2)20(11-8-18(21)22)13-12-19-9-4-3-5-10-19/h6-7,14H,3-5,8-13H2,1-2H3,(H,21,22). The van der Waals surface area contributed by atoms with E-state index in [2.05, 4.69) is 41.8 Å². The molecule has 4 nitrogen and oxygen atoms in total. The molecule has 1 heterocycles. The van der Waals surface area contributed by atoms with E-state index < -0.39 is 5.97 Å². The Morgan fingerprint density at radius 2 is 1.86 bits per heavy atom. The molecular formula is C18H28N2O2. The Morgan fingerprint density at radius 3 is 2.50 bits per heavy atom. The minimum atomic E-state index is -0.730. The molecule has 0 saturated carbocycles. The number of hydrogen-bond donors (Lipinski definition) is 1. The fourth-order valence-electron chi connectivity index (χ4n) is 2.97. The molecule has 1 aliphatic heterocycles. The highest BCUT2D eigenvalue weighted by Crippen LogP contribution is 2.19. The van der Waals surface area contributed by atoms with Gasteiger partial charge in [0, 0.05) is 25.3 Å². The molecule has 0 spiro atoms. The van der Waals surface area contributed by atoms with Crippen molar-refractivity contribution in [2.24, 2.45) is 0 Å². The van der Waals surface area contributed by atoms with Crippen LogP contribution in [0.5, 0.6) is 0 Å². The number of rotatable bonds is 7. The highest BCUT2D eigenvalue weighted by atomic mass is 16.4. The van der Waals surface area contributed by atoms with Gasteiger partial charge in [-0.25, -0.2) is 0 Å². The second-order valence-corrected chi connectivity index (χ2v) is 6.30. The molecule has 1 saturated heterocycles. The molecule has 4 heteroatoms. The van der Waals surface area contributed by atoms with E-state index in [-0.39, 0.29) is 6.42 Å². The molecule has 1 aromatic carbocycles. The quantitative estimate of drug-likeness (QED) is 0.841. The number of aliphatic carboxylic acids is 1. The molecule has 0 unspecified atom stereocenters. The zero-order chi connectivity index (χ0) is 15.9. The summed E-state index contributed by atoms with van der Waals surface area (Å²) in [5.41, 5.74) is 3.68. The molecule has 0 amide bonds. The van der Waals surface area contributed by atoms with E-state index in [4.69, 9.17) is 5.11 Å². The first-order valence-electron chi connectivity index (χ1n) is 8.32. The lowest BCUT2D eigenvalue weighted by Gasteiger charge is -2.31. The van der Waals surface area contributed by atoms with Crippen molar-refractivity contribution in [1.29, 1.82) is 0 Å². The monoisotopic (exact) mass is 304 g/mol. The Hall–Kier alpha value is -1.55. The fourth-order valence-corrected chi connectivity index (χ4v) is 2.97. The summed E-state index contributed by atoms with van der Waals surface area (Å²) >= 11 is 0. The minimum Gasteiger partial charge on any atom is -0.481 e. The maximum absolute atomic E-state index is 10.9. The first-order chi connectivity index (χ1) is 10.6. The number of carboxylic acids is 1. The van der Waals surface area contributed by atoms with Crippen molar-refractivity contribution in [2.75, 3.05) is 37.6 Å². The van der Waals surface area contributed by atoms with Crippen LogP contribution in [0.1, 0.15) is 36.8 Å². The molecule has 22 heavy (non-hydrogen) atoms. The van der Waals surface area contributed by atoms with E-state index in [1.165, 1.54) is 43.5 Å². The van der Waals surface area contributed by atoms with E-state index in [0.717, 1.165) is 18.8 Å². The normalized spacial score (nSPS) is 15.7. The number of anilines is 1. The molecule has 1 fully saturated rings. The van der Waals surface area contributed by atoms with Gasteiger partial charge < -0.3 is 14.9 Å². The Kier molecular flexibility index (Phi) is 6.25. The molecule has 0 atom stereocenters. The average molecular weight is 304 g/mol. The number of likely N-dealkylation sites (tertiary alicyclic amines) is 1. The average Bonchev–Trinajstić information content (AvgIpc) is 2.51. The molecule has 0 aromatic heterocycles. The summed E-state index contributed by atoms with van der Waals surface area (Å²) in [7, 11) is 0. The van der Waals surface area contributed by atoms with Crippen LogP contribution in [0.2, 0.25) is 0 Å². The van der Waals surface area contributed by atoms with Gasteiger partial charge in [0.1, 0.15) is 0 Å². The zero-order valence-corrected chi connectivity index (χ0v) is 13.8. The number of carbonyl (C=O) groups is 1. The lowest BCUT2D eigenvalue weighted by Crippen LogP contribution is -2.38. The third-order valence-corrected chi connectivity index (χ3v) is 4.59. The number of benzene rings is 1. The van der Waals surface area contributed by atoms with Crippen molar-refractivity contribution in [2.45, 2.75) is 39.5 Å². The highest BCUT2D eigenvalue weighted by molar-refractivity contribution is 5.67. The van der Waals surface area contributed by atoms with Gasteiger partial charge in [0.15, 0.2) is 0 Å². The summed E-state index contributed by atoms with van der Waals surface area (Å²) in [4.78, 5) is 15.6. The molecule has 1 aromatic rings. The van der Waals surface area contributed by atoms with Gasteiger partial charge in [-0.2, -0.15) is 0 Å². The van der Waals surface area contributed by atoms with Crippen LogP contribution in [0, 0.1) is 13.8 Å². The number of aryl methyl sites for hydroxylation is 2. The largest absolute Gasteiger partial charge is 0.481 e. The van der Waals surface area contributed by atoms with Crippen LogP contribution in [0.3, 0.4) is 0 Å². The van der Waals surface area contributed by atoms with Crippen LogP contribution in [0.4, 0.5) is 5.69 Å². The molecule has 0 radical (unpaired) electrons. The van der Waals surface area contributed by atoms with E-state index in [1.807, 2.05) is 0 Å². The van der Waals surface area contributed by atoms with Gasteiger partial charge in [-0.15, -0.1) is 0 Å². The van der Waals surface area contributed by atoms with E-state index in [0.29, 0.717) is 6.54 Å². The van der Waals surface area contributed by atoms with Gasteiger partial charge in [0.2, 0.25) is 0 Å². The molecule has 0 bridgehead atoms. The molecular weight excluding hydrogens is 276 g/mol. The van der Waals surface area contributed by atoms with Gasteiger partial charge in [0.25, 0.3) is 0 Å². The summed E-state index contributed by atoms with van der Waals surface area (Å²) in [5, 5.41) is 8.99. The van der Waals surface area contributed by atoms with E-state index >= 15 is 0 Å². The molecule has 122 valence electrons. The lowest BCUT2D eigenvalue weighted by atomic mass is 10.1. The van der Waals surface area contributed by atoms with Crippen LogP contribution in [0.15, 0.2) is 18.2 Å². The van der Waals surface area contributed by atoms with Gasteiger partial charge >= 0.3 is 5.97 Å². The van der Waals surface area contributed by atoms with Crippen molar-refractivity contribution in [3.8, 4) is 0 Å². The van der Waals surface area contributed by atoms with E-state index in [1.54, 1.807) is 0 Å². The van der Waals surface area contributed by atoms with Crippen molar-refractivity contribution in [3.05, 3.63) is 29.3 Å². The second kappa shape index (κ2) is 8.18. The Labute approximate surface area is 133 Å².